The number of hydrogen-bond donors (Lipinski definition) is 1. The highest BCUT2D eigenvalue weighted by atomic mass is 16.1. The van der Waals surface area contributed by atoms with Gasteiger partial charge in [0.2, 0.25) is 11.3 Å². The van der Waals surface area contributed by atoms with Gasteiger partial charge in [0.15, 0.2) is 0 Å². The molecule has 1 amide bonds. The zero-order valence-corrected chi connectivity index (χ0v) is 14.8. The lowest BCUT2D eigenvalue weighted by Crippen LogP contribution is -2.18. The second-order valence-corrected chi connectivity index (χ2v) is 6.38. The SMILES string of the molecule is Cc1ccc(NC(=O)CCn2ncc(=O)c3ccccc32)c2cccnc12. The van der Waals surface area contributed by atoms with Gasteiger partial charge in [0.25, 0.3) is 0 Å². The van der Waals surface area contributed by atoms with Gasteiger partial charge in [-0.1, -0.05) is 18.2 Å². The molecule has 1 N–H and O–H groups in total. The van der Waals surface area contributed by atoms with E-state index >= 15 is 0 Å². The van der Waals surface area contributed by atoms with Gasteiger partial charge in [0.1, 0.15) is 0 Å². The van der Waals surface area contributed by atoms with E-state index in [9.17, 15) is 9.59 Å². The van der Waals surface area contributed by atoms with Gasteiger partial charge in [-0.25, -0.2) is 0 Å². The van der Waals surface area contributed by atoms with Crippen molar-refractivity contribution in [2.45, 2.75) is 19.9 Å². The molecule has 2 heterocycles. The molecule has 0 aliphatic heterocycles. The summed E-state index contributed by atoms with van der Waals surface area (Å²) in [6.45, 7) is 2.38. The molecule has 0 aliphatic rings. The van der Waals surface area contributed by atoms with Crippen LogP contribution in [0, 0.1) is 6.92 Å². The maximum atomic E-state index is 12.5. The second kappa shape index (κ2) is 6.99. The number of amides is 1. The number of carbonyl (C=O) groups is 1. The van der Waals surface area contributed by atoms with Crippen molar-refractivity contribution >= 4 is 33.4 Å². The van der Waals surface area contributed by atoms with Gasteiger partial charge in [0.05, 0.1) is 29.5 Å². The van der Waals surface area contributed by atoms with Crippen molar-refractivity contribution < 1.29 is 4.79 Å². The molecule has 0 fully saturated rings. The van der Waals surface area contributed by atoms with Crippen molar-refractivity contribution in [2.24, 2.45) is 0 Å². The maximum absolute atomic E-state index is 12.5. The van der Waals surface area contributed by atoms with Gasteiger partial charge in [0, 0.05) is 23.4 Å². The minimum absolute atomic E-state index is 0.117. The molecule has 0 aliphatic carbocycles. The zero-order valence-electron chi connectivity index (χ0n) is 14.8. The molecule has 0 bridgehead atoms. The number of fused-ring (bicyclic) bond motifs is 2. The van der Waals surface area contributed by atoms with Gasteiger partial charge < -0.3 is 5.32 Å². The van der Waals surface area contributed by atoms with Crippen molar-refractivity contribution in [3.05, 3.63) is 76.7 Å². The molecule has 134 valence electrons. The van der Waals surface area contributed by atoms with Crippen molar-refractivity contribution in [3.8, 4) is 0 Å². The summed E-state index contributed by atoms with van der Waals surface area (Å²) in [6, 6.07) is 14.9. The first-order valence-electron chi connectivity index (χ1n) is 8.72. The average molecular weight is 358 g/mol. The maximum Gasteiger partial charge on any atom is 0.226 e. The molecule has 27 heavy (non-hydrogen) atoms. The van der Waals surface area contributed by atoms with Crippen LogP contribution < -0.4 is 10.7 Å². The van der Waals surface area contributed by atoms with E-state index in [1.807, 2.05) is 49.4 Å². The summed E-state index contributed by atoms with van der Waals surface area (Å²) >= 11 is 0. The van der Waals surface area contributed by atoms with Gasteiger partial charge in [-0.05, 0) is 42.8 Å². The molecule has 0 unspecified atom stereocenters. The molecule has 0 radical (unpaired) electrons. The molecule has 4 aromatic rings. The van der Waals surface area contributed by atoms with Crippen LogP contribution in [0.25, 0.3) is 21.8 Å². The van der Waals surface area contributed by atoms with Crippen LogP contribution in [0.4, 0.5) is 5.69 Å². The summed E-state index contributed by atoms with van der Waals surface area (Å²) in [7, 11) is 0. The van der Waals surface area contributed by atoms with E-state index in [-0.39, 0.29) is 17.8 Å². The Labute approximate surface area is 155 Å². The number of pyridine rings is 1. The summed E-state index contributed by atoms with van der Waals surface area (Å²) in [4.78, 5) is 28.8. The highest BCUT2D eigenvalue weighted by molar-refractivity contribution is 6.01. The number of nitrogens with zero attached hydrogens (tertiary/aromatic N) is 3. The molecule has 4 rings (SSSR count). The molecule has 0 atom stereocenters. The number of hydrogen-bond acceptors (Lipinski definition) is 4. The Morgan fingerprint density at radius 2 is 1.89 bits per heavy atom. The predicted molar refractivity (Wildman–Crippen MR) is 106 cm³/mol. The lowest BCUT2D eigenvalue weighted by atomic mass is 10.1. The fourth-order valence-electron chi connectivity index (χ4n) is 3.18. The third kappa shape index (κ3) is 3.29. The summed E-state index contributed by atoms with van der Waals surface area (Å²) in [6.07, 6.45) is 3.28. The van der Waals surface area contributed by atoms with E-state index in [0.717, 1.165) is 27.7 Å². The van der Waals surface area contributed by atoms with Crippen molar-refractivity contribution in [2.75, 3.05) is 5.32 Å². The topological polar surface area (TPSA) is 76.9 Å². The molecule has 6 nitrogen and oxygen atoms in total. The summed E-state index contributed by atoms with van der Waals surface area (Å²) < 4.78 is 1.69. The van der Waals surface area contributed by atoms with E-state index in [1.165, 1.54) is 6.20 Å². The van der Waals surface area contributed by atoms with Gasteiger partial charge in [-0.3, -0.25) is 19.3 Å². The second-order valence-electron chi connectivity index (χ2n) is 6.38. The summed E-state index contributed by atoms with van der Waals surface area (Å²) in [5, 5.41) is 8.64. The van der Waals surface area contributed by atoms with E-state index in [2.05, 4.69) is 15.4 Å². The minimum atomic E-state index is -0.120. The van der Waals surface area contributed by atoms with Gasteiger partial charge in [-0.2, -0.15) is 5.10 Å². The third-order valence-electron chi connectivity index (χ3n) is 4.56. The van der Waals surface area contributed by atoms with Crippen LogP contribution in [0.5, 0.6) is 0 Å². The number of benzene rings is 2. The Hall–Kier alpha value is -3.54. The molecule has 0 spiro atoms. The van der Waals surface area contributed by atoms with Crippen LogP contribution in [0.3, 0.4) is 0 Å². The average Bonchev–Trinajstić information content (AvgIpc) is 2.70. The van der Waals surface area contributed by atoms with Crippen LogP contribution in [0.2, 0.25) is 0 Å². The predicted octanol–water partition coefficient (Wildman–Crippen LogP) is 3.28. The Kier molecular flexibility index (Phi) is 4.38. The Balaban J connectivity index is 1.54. The summed E-state index contributed by atoms with van der Waals surface area (Å²) in [5.41, 5.74) is 3.29. The normalized spacial score (nSPS) is 11.0. The van der Waals surface area contributed by atoms with Crippen LogP contribution in [0.1, 0.15) is 12.0 Å². The molecular formula is C21H18N4O2. The molecule has 6 heteroatoms. The number of nitrogens with one attached hydrogen (secondary N) is 1. The van der Waals surface area contributed by atoms with Crippen LogP contribution in [0.15, 0.2) is 65.7 Å². The number of carbonyl (C=O) groups excluding carboxylic acids is 1. The largest absolute Gasteiger partial charge is 0.325 e. The highest BCUT2D eigenvalue weighted by Gasteiger charge is 2.10. The number of aryl methyl sites for hydroxylation is 2. The zero-order chi connectivity index (χ0) is 18.8. The van der Waals surface area contributed by atoms with Gasteiger partial charge in [-0.15, -0.1) is 0 Å². The van der Waals surface area contributed by atoms with E-state index in [1.54, 1.807) is 16.9 Å². The third-order valence-corrected chi connectivity index (χ3v) is 4.56. The fourth-order valence-corrected chi connectivity index (χ4v) is 3.18. The van der Waals surface area contributed by atoms with Crippen LogP contribution >= 0.6 is 0 Å². The van der Waals surface area contributed by atoms with Crippen molar-refractivity contribution in [3.63, 3.8) is 0 Å². The number of para-hydroxylation sites is 1. The Morgan fingerprint density at radius 3 is 2.78 bits per heavy atom. The van der Waals surface area contributed by atoms with E-state index < -0.39 is 0 Å². The standard InChI is InChI=1S/C21H18N4O2/c1-14-8-9-17(15-6-4-11-22-21(14)15)24-20(27)10-12-25-18-7-3-2-5-16(18)19(26)13-23-25/h2-9,11,13H,10,12H2,1H3,(H,24,27). The molecular weight excluding hydrogens is 340 g/mol. The molecule has 0 saturated carbocycles. The highest BCUT2D eigenvalue weighted by Crippen LogP contribution is 2.24. The number of anilines is 1. The fraction of sp³-hybridized carbons (Fsp3) is 0.143. The number of rotatable bonds is 4. The lowest BCUT2D eigenvalue weighted by molar-refractivity contribution is -0.116. The van der Waals surface area contributed by atoms with Crippen LogP contribution in [-0.2, 0) is 11.3 Å². The molecule has 2 aromatic carbocycles. The Morgan fingerprint density at radius 1 is 1.07 bits per heavy atom. The van der Waals surface area contributed by atoms with Crippen molar-refractivity contribution in [1.82, 2.24) is 14.8 Å². The van der Waals surface area contributed by atoms with Gasteiger partial charge >= 0.3 is 0 Å². The first-order valence-corrected chi connectivity index (χ1v) is 8.72. The first kappa shape index (κ1) is 16.9. The molecule has 0 saturated heterocycles. The van der Waals surface area contributed by atoms with E-state index in [4.69, 9.17) is 0 Å². The quantitative estimate of drug-likeness (QED) is 0.607. The van der Waals surface area contributed by atoms with Crippen molar-refractivity contribution in [1.29, 1.82) is 0 Å². The Bertz CT molecular complexity index is 1210. The lowest BCUT2D eigenvalue weighted by Gasteiger charge is -2.11. The van der Waals surface area contributed by atoms with Crippen LogP contribution in [-0.4, -0.2) is 20.7 Å². The smallest absolute Gasteiger partial charge is 0.226 e. The first-order chi connectivity index (χ1) is 13.1. The monoisotopic (exact) mass is 358 g/mol. The number of aromatic nitrogens is 3. The minimum Gasteiger partial charge on any atom is -0.325 e. The van der Waals surface area contributed by atoms with E-state index in [0.29, 0.717) is 11.9 Å². The summed E-state index contributed by atoms with van der Waals surface area (Å²) in [5.74, 6) is -0.117. The molecule has 2 aromatic heterocycles.